The molecule has 0 bridgehead atoms. The molecule has 0 amide bonds. The second kappa shape index (κ2) is 7.53. The molecule has 0 unspecified atom stereocenters. The summed E-state index contributed by atoms with van der Waals surface area (Å²) in [4.78, 5) is 3.06. The third-order valence-electron chi connectivity index (χ3n) is 4.66. The SMILES string of the molecule is Cc1cc(C(c2ccc(S)c(C)c2)c2ccc(S)c(C)c2)ccc1S. The van der Waals surface area contributed by atoms with Gasteiger partial charge < -0.3 is 0 Å². The van der Waals surface area contributed by atoms with Crippen LogP contribution in [0.25, 0.3) is 0 Å². The highest BCUT2D eigenvalue weighted by molar-refractivity contribution is 7.80. The van der Waals surface area contributed by atoms with Crippen molar-refractivity contribution in [3.05, 3.63) is 88.0 Å². The minimum Gasteiger partial charge on any atom is -0.143 e. The molecule has 0 saturated heterocycles. The lowest BCUT2D eigenvalue weighted by Gasteiger charge is -2.21. The van der Waals surface area contributed by atoms with Crippen molar-refractivity contribution in [2.75, 3.05) is 0 Å². The van der Waals surface area contributed by atoms with E-state index >= 15 is 0 Å². The number of hydrogen-bond acceptors (Lipinski definition) is 3. The highest BCUT2D eigenvalue weighted by Gasteiger charge is 2.18. The fraction of sp³-hybridized carbons (Fsp3) is 0.182. The third-order valence-corrected chi connectivity index (χ3v) is 6.17. The molecule has 0 fully saturated rings. The van der Waals surface area contributed by atoms with Gasteiger partial charge in [0.1, 0.15) is 0 Å². The van der Waals surface area contributed by atoms with Crippen LogP contribution in [0.3, 0.4) is 0 Å². The summed E-state index contributed by atoms with van der Waals surface area (Å²) in [5.74, 6) is 0.174. The highest BCUT2D eigenvalue weighted by Crippen LogP contribution is 2.35. The number of aryl methyl sites for hydroxylation is 3. The van der Waals surface area contributed by atoms with Gasteiger partial charge >= 0.3 is 0 Å². The monoisotopic (exact) mass is 382 g/mol. The van der Waals surface area contributed by atoms with Crippen LogP contribution in [0.5, 0.6) is 0 Å². The summed E-state index contributed by atoms with van der Waals surface area (Å²) in [5.41, 5.74) is 7.39. The van der Waals surface area contributed by atoms with Crippen molar-refractivity contribution >= 4 is 37.9 Å². The molecule has 0 aliphatic heterocycles. The fourth-order valence-electron chi connectivity index (χ4n) is 3.15. The topological polar surface area (TPSA) is 0 Å². The Hall–Kier alpha value is -1.29. The molecule has 0 atom stereocenters. The third kappa shape index (κ3) is 3.94. The lowest BCUT2D eigenvalue weighted by Crippen LogP contribution is -2.05. The van der Waals surface area contributed by atoms with Crippen LogP contribution >= 0.6 is 37.9 Å². The Kier molecular flexibility index (Phi) is 5.57. The Morgan fingerprint density at radius 2 is 0.800 bits per heavy atom. The summed E-state index contributed by atoms with van der Waals surface area (Å²) in [6.07, 6.45) is 0. The second-order valence-corrected chi connectivity index (χ2v) is 8.02. The molecule has 0 aromatic heterocycles. The highest BCUT2D eigenvalue weighted by atomic mass is 32.1. The van der Waals surface area contributed by atoms with E-state index in [9.17, 15) is 0 Å². The molecule has 3 rings (SSSR count). The second-order valence-electron chi connectivity index (χ2n) is 6.57. The molecule has 0 radical (unpaired) electrons. The predicted molar refractivity (Wildman–Crippen MR) is 116 cm³/mol. The van der Waals surface area contributed by atoms with Crippen LogP contribution in [-0.2, 0) is 0 Å². The molecule has 3 heteroatoms. The Bertz CT molecular complexity index is 806. The van der Waals surface area contributed by atoms with Gasteiger partial charge in [0.05, 0.1) is 0 Å². The zero-order chi connectivity index (χ0) is 18.1. The molecule has 0 aliphatic rings. The first kappa shape index (κ1) is 18.5. The van der Waals surface area contributed by atoms with Crippen LogP contribution in [0.4, 0.5) is 0 Å². The summed E-state index contributed by atoms with van der Waals surface area (Å²) >= 11 is 13.6. The van der Waals surface area contributed by atoms with Gasteiger partial charge in [-0.25, -0.2) is 0 Å². The molecule has 0 heterocycles. The van der Waals surface area contributed by atoms with E-state index in [0.717, 1.165) is 14.7 Å². The van der Waals surface area contributed by atoms with Crippen LogP contribution in [0.15, 0.2) is 69.3 Å². The molecule has 0 N–H and O–H groups in total. The maximum atomic E-state index is 4.53. The van der Waals surface area contributed by atoms with Crippen LogP contribution in [0.1, 0.15) is 39.3 Å². The average molecular weight is 383 g/mol. The van der Waals surface area contributed by atoms with E-state index in [0.29, 0.717) is 0 Å². The predicted octanol–water partition coefficient (Wildman–Crippen LogP) is 6.66. The summed E-state index contributed by atoms with van der Waals surface area (Å²) < 4.78 is 0. The lowest BCUT2D eigenvalue weighted by atomic mass is 9.83. The van der Waals surface area contributed by atoms with Crippen molar-refractivity contribution in [2.24, 2.45) is 0 Å². The van der Waals surface area contributed by atoms with Gasteiger partial charge in [0.25, 0.3) is 0 Å². The number of rotatable bonds is 3. The average Bonchev–Trinajstić information content (AvgIpc) is 2.57. The standard InChI is InChI=1S/C22H22S3/c1-13-10-16(4-7-19(13)23)22(17-5-8-20(24)14(2)11-17)18-6-9-21(25)15(3)12-18/h4-12,22-25H,1-3H3. The molecule has 128 valence electrons. The van der Waals surface area contributed by atoms with E-state index in [2.05, 4.69) is 113 Å². The molecular weight excluding hydrogens is 360 g/mol. The summed E-state index contributed by atoms with van der Waals surface area (Å²) in [6.45, 7) is 6.31. The minimum absolute atomic E-state index is 0.174. The Morgan fingerprint density at radius 3 is 1.04 bits per heavy atom. The van der Waals surface area contributed by atoms with Crippen LogP contribution < -0.4 is 0 Å². The van der Waals surface area contributed by atoms with E-state index in [1.54, 1.807) is 0 Å². The van der Waals surface area contributed by atoms with E-state index < -0.39 is 0 Å². The molecule has 0 saturated carbocycles. The van der Waals surface area contributed by atoms with Crippen LogP contribution in [0, 0.1) is 20.8 Å². The van der Waals surface area contributed by atoms with Gasteiger partial charge in [0.2, 0.25) is 0 Å². The van der Waals surface area contributed by atoms with Gasteiger partial charge in [0, 0.05) is 20.6 Å². The largest absolute Gasteiger partial charge is 0.143 e. The molecule has 0 nitrogen and oxygen atoms in total. The maximum absolute atomic E-state index is 4.53. The zero-order valence-electron chi connectivity index (χ0n) is 14.6. The van der Waals surface area contributed by atoms with Crippen molar-refractivity contribution in [3.63, 3.8) is 0 Å². The van der Waals surface area contributed by atoms with E-state index in [4.69, 9.17) is 0 Å². The first-order valence-corrected chi connectivity index (χ1v) is 9.59. The normalized spacial score (nSPS) is 11.2. The van der Waals surface area contributed by atoms with Crippen LogP contribution in [0.2, 0.25) is 0 Å². The molecule has 25 heavy (non-hydrogen) atoms. The Morgan fingerprint density at radius 1 is 0.520 bits per heavy atom. The van der Waals surface area contributed by atoms with Gasteiger partial charge in [-0.1, -0.05) is 36.4 Å². The van der Waals surface area contributed by atoms with Crippen molar-refractivity contribution in [1.29, 1.82) is 0 Å². The summed E-state index contributed by atoms with van der Waals surface area (Å²) in [5, 5.41) is 0. The van der Waals surface area contributed by atoms with Crippen molar-refractivity contribution in [1.82, 2.24) is 0 Å². The van der Waals surface area contributed by atoms with Gasteiger partial charge in [-0.05, 0) is 72.4 Å². The summed E-state index contributed by atoms with van der Waals surface area (Å²) in [7, 11) is 0. The molecule has 3 aromatic carbocycles. The van der Waals surface area contributed by atoms with Crippen LogP contribution in [-0.4, -0.2) is 0 Å². The number of thiol groups is 3. The smallest absolute Gasteiger partial charge is 0.0340 e. The Balaban J connectivity index is 2.21. The van der Waals surface area contributed by atoms with Crippen molar-refractivity contribution in [3.8, 4) is 0 Å². The van der Waals surface area contributed by atoms with Gasteiger partial charge in [0.15, 0.2) is 0 Å². The number of benzene rings is 3. The van der Waals surface area contributed by atoms with Gasteiger partial charge in [-0.15, -0.1) is 37.9 Å². The van der Waals surface area contributed by atoms with E-state index in [1.165, 1.54) is 33.4 Å². The van der Waals surface area contributed by atoms with E-state index in [1.807, 2.05) is 0 Å². The van der Waals surface area contributed by atoms with Gasteiger partial charge in [-0.3, -0.25) is 0 Å². The van der Waals surface area contributed by atoms with Gasteiger partial charge in [-0.2, -0.15) is 0 Å². The molecule has 3 aromatic rings. The number of hydrogen-bond donors (Lipinski definition) is 3. The maximum Gasteiger partial charge on any atom is 0.0340 e. The summed E-state index contributed by atoms with van der Waals surface area (Å²) in [6, 6.07) is 19.5. The first-order chi connectivity index (χ1) is 11.9. The zero-order valence-corrected chi connectivity index (χ0v) is 17.3. The molecule has 0 aliphatic carbocycles. The van der Waals surface area contributed by atoms with E-state index in [-0.39, 0.29) is 5.92 Å². The molecule has 0 spiro atoms. The Labute approximate surface area is 166 Å². The molecular formula is C22H22S3. The van der Waals surface area contributed by atoms with Crippen molar-refractivity contribution in [2.45, 2.75) is 41.4 Å². The fourth-order valence-corrected chi connectivity index (χ4v) is 3.57. The van der Waals surface area contributed by atoms with Crippen molar-refractivity contribution < 1.29 is 0 Å². The first-order valence-electron chi connectivity index (χ1n) is 8.25. The lowest BCUT2D eigenvalue weighted by molar-refractivity contribution is 0.955. The minimum atomic E-state index is 0.174. The quantitative estimate of drug-likeness (QED) is 0.327.